The van der Waals surface area contributed by atoms with Crippen LogP contribution in [0.25, 0.3) is 11.3 Å². The van der Waals surface area contributed by atoms with E-state index in [1.165, 1.54) is 0 Å². The molecule has 1 fully saturated rings. The van der Waals surface area contributed by atoms with Crippen LogP contribution >= 0.6 is 0 Å². The highest BCUT2D eigenvalue weighted by molar-refractivity contribution is 5.58. The van der Waals surface area contributed by atoms with Crippen LogP contribution in [0.4, 0.5) is 0 Å². The van der Waals surface area contributed by atoms with Crippen LogP contribution in [0.15, 0.2) is 30.6 Å². The zero-order chi connectivity index (χ0) is 13.1. The molecule has 100 valence electrons. The number of ether oxygens (including phenoxy) is 1. The molecule has 5 heteroatoms. The Morgan fingerprint density at radius 1 is 1.26 bits per heavy atom. The Morgan fingerprint density at radius 2 is 2.11 bits per heavy atom. The van der Waals surface area contributed by atoms with Crippen LogP contribution < -0.4 is 10.1 Å². The van der Waals surface area contributed by atoms with Crippen molar-refractivity contribution < 1.29 is 4.74 Å². The Hall–Kier alpha value is -1.88. The van der Waals surface area contributed by atoms with Gasteiger partial charge in [0.2, 0.25) is 5.88 Å². The molecular weight excluding hydrogens is 240 g/mol. The van der Waals surface area contributed by atoms with E-state index < -0.39 is 0 Å². The third kappa shape index (κ3) is 2.76. The summed E-state index contributed by atoms with van der Waals surface area (Å²) >= 11 is 0. The maximum absolute atomic E-state index is 5.88. The Balaban J connectivity index is 1.70. The van der Waals surface area contributed by atoms with Crippen LogP contribution in [-0.4, -0.2) is 34.0 Å². The molecule has 0 radical (unpaired) electrons. The van der Waals surface area contributed by atoms with E-state index in [0.29, 0.717) is 5.88 Å². The average molecular weight is 258 g/mol. The van der Waals surface area contributed by atoms with E-state index >= 15 is 0 Å². The van der Waals surface area contributed by atoms with Gasteiger partial charge in [0.25, 0.3) is 0 Å². The summed E-state index contributed by atoms with van der Waals surface area (Å²) in [6.07, 6.45) is 6.01. The van der Waals surface area contributed by atoms with Crippen molar-refractivity contribution in [2.24, 2.45) is 7.05 Å². The molecule has 5 nitrogen and oxygen atoms in total. The summed E-state index contributed by atoms with van der Waals surface area (Å²) in [7, 11) is 1.93. The summed E-state index contributed by atoms with van der Waals surface area (Å²) in [5.74, 6) is 0.706. The fourth-order valence-corrected chi connectivity index (χ4v) is 2.34. The van der Waals surface area contributed by atoms with Crippen LogP contribution in [0.5, 0.6) is 5.88 Å². The van der Waals surface area contributed by atoms with Gasteiger partial charge in [-0.05, 0) is 38.1 Å². The SMILES string of the molecule is Cn1nccc1-c1ccc(OC2CCNCC2)nc1. The van der Waals surface area contributed by atoms with E-state index in [2.05, 4.69) is 15.4 Å². The van der Waals surface area contributed by atoms with Crippen molar-refractivity contribution in [2.45, 2.75) is 18.9 Å². The number of hydrogen-bond donors (Lipinski definition) is 1. The van der Waals surface area contributed by atoms with Gasteiger partial charge in [0, 0.05) is 31.1 Å². The largest absolute Gasteiger partial charge is 0.474 e. The lowest BCUT2D eigenvalue weighted by Gasteiger charge is -2.23. The highest BCUT2D eigenvalue weighted by Crippen LogP contribution is 2.20. The van der Waals surface area contributed by atoms with Gasteiger partial charge in [0.1, 0.15) is 6.10 Å². The second kappa shape index (κ2) is 5.40. The number of aromatic nitrogens is 3. The zero-order valence-corrected chi connectivity index (χ0v) is 11.0. The van der Waals surface area contributed by atoms with Gasteiger partial charge in [-0.1, -0.05) is 0 Å². The Labute approximate surface area is 112 Å². The van der Waals surface area contributed by atoms with Gasteiger partial charge in [-0.2, -0.15) is 5.10 Å². The molecule has 1 aliphatic heterocycles. The first-order valence-electron chi connectivity index (χ1n) is 6.65. The van der Waals surface area contributed by atoms with E-state index in [1.54, 1.807) is 6.20 Å². The predicted octanol–water partition coefficient (Wildman–Crippen LogP) is 1.61. The molecule has 0 saturated carbocycles. The first-order chi connectivity index (χ1) is 9.33. The second-order valence-corrected chi connectivity index (χ2v) is 4.79. The maximum Gasteiger partial charge on any atom is 0.213 e. The molecule has 1 N–H and O–H groups in total. The Bertz CT molecular complexity index is 529. The minimum absolute atomic E-state index is 0.288. The van der Waals surface area contributed by atoms with Crippen molar-refractivity contribution in [1.82, 2.24) is 20.1 Å². The number of hydrogen-bond acceptors (Lipinski definition) is 4. The molecule has 2 aromatic heterocycles. The number of aryl methyl sites for hydroxylation is 1. The lowest BCUT2D eigenvalue weighted by molar-refractivity contribution is 0.156. The lowest BCUT2D eigenvalue weighted by Crippen LogP contribution is -2.34. The van der Waals surface area contributed by atoms with Crippen molar-refractivity contribution in [3.05, 3.63) is 30.6 Å². The van der Waals surface area contributed by atoms with Gasteiger partial charge in [0.05, 0.1) is 5.69 Å². The molecule has 0 amide bonds. The van der Waals surface area contributed by atoms with E-state index in [1.807, 2.05) is 36.1 Å². The first kappa shape index (κ1) is 12.2. The predicted molar refractivity (Wildman–Crippen MR) is 73.0 cm³/mol. The average Bonchev–Trinajstić information content (AvgIpc) is 2.87. The molecule has 0 aliphatic carbocycles. The van der Waals surface area contributed by atoms with Crippen molar-refractivity contribution >= 4 is 0 Å². The summed E-state index contributed by atoms with van der Waals surface area (Å²) in [5, 5.41) is 7.48. The molecule has 1 saturated heterocycles. The third-order valence-electron chi connectivity index (χ3n) is 3.43. The number of rotatable bonds is 3. The zero-order valence-electron chi connectivity index (χ0n) is 11.0. The summed E-state index contributed by atoms with van der Waals surface area (Å²) in [4.78, 5) is 4.39. The standard InChI is InChI=1S/C14H18N4O/c1-18-13(6-9-17-18)11-2-3-14(16-10-11)19-12-4-7-15-8-5-12/h2-3,6,9-10,12,15H,4-5,7-8H2,1H3. The summed E-state index contributed by atoms with van der Waals surface area (Å²) in [6.45, 7) is 2.05. The topological polar surface area (TPSA) is 52.0 Å². The summed E-state index contributed by atoms with van der Waals surface area (Å²) < 4.78 is 7.72. The minimum Gasteiger partial charge on any atom is -0.474 e. The molecule has 2 aromatic rings. The fraction of sp³-hybridized carbons (Fsp3) is 0.429. The number of piperidine rings is 1. The third-order valence-corrected chi connectivity index (χ3v) is 3.43. The molecule has 1 aliphatic rings. The normalized spacial score (nSPS) is 16.5. The van der Waals surface area contributed by atoms with Gasteiger partial charge in [-0.25, -0.2) is 4.98 Å². The monoisotopic (exact) mass is 258 g/mol. The molecule has 0 atom stereocenters. The van der Waals surface area contributed by atoms with E-state index in [9.17, 15) is 0 Å². The molecular formula is C14H18N4O. The summed E-state index contributed by atoms with van der Waals surface area (Å²) in [5.41, 5.74) is 2.11. The molecule has 0 aromatic carbocycles. The Morgan fingerprint density at radius 3 is 2.74 bits per heavy atom. The van der Waals surface area contributed by atoms with Crippen molar-refractivity contribution in [1.29, 1.82) is 0 Å². The minimum atomic E-state index is 0.288. The number of nitrogens with one attached hydrogen (secondary N) is 1. The van der Waals surface area contributed by atoms with Crippen molar-refractivity contribution in [2.75, 3.05) is 13.1 Å². The highest BCUT2D eigenvalue weighted by Gasteiger charge is 2.15. The summed E-state index contributed by atoms with van der Waals surface area (Å²) in [6, 6.07) is 5.94. The molecule has 3 heterocycles. The fourth-order valence-electron chi connectivity index (χ4n) is 2.34. The second-order valence-electron chi connectivity index (χ2n) is 4.79. The smallest absolute Gasteiger partial charge is 0.213 e. The van der Waals surface area contributed by atoms with Crippen LogP contribution in [0.2, 0.25) is 0 Å². The molecule has 0 spiro atoms. The van der Waals surface area contributed by atoms with E-state index in [-0.39, 0.29) is 6.10 Å². The van der Waals surface area contributed by atoms with Crippen molar-refractivity contribution in [3.63, 3.8) is 0 Å². The van der Waals surface area contributed by atoms with Crippen LogP contribution in [0.1, 0.15) is 12.8 Å². The van der Waals surface area contributed by atoms with Gasteiger partial charge in [0.15, 0.2) is 0 Å². The van der Waals surface area contributed by atoms with E-state index in [4.69, 9.17) is 4.74 Å². The van der Waals surface area contributed by atoms with Gasteiger partial charge in [-0.3, -0.25) is 4.68 Å². The quantitative estimate of drug-likeness (QED) is 0.909. The maximum atomic E-state index is 5.88. The van der Waals surface area contributed by atoms with Crippen LogP contribution in [-0.2, 0) is 7.05 Å². The molecule has 3 rings (SSSR count). The lowest BCUT2D eigenvalue weighted by atomic mass is 10.1. The van der Waals surface area contributed by atoms with E-state index in [0.717, 1.165) is 37.2 Å². The first-order valence-corrected chi connectivity index (χ1v) is 6.65. The number of nitrogens with zero attached hydrogens (tertiary/aromatic N) is 3. The van der Waals surface area contributed by atoms with Crippen LogP contribution in [0, 0.1) is 0 Å². The van der Waals surface area contributed by atoms with Crippen LogP contribution in [0.3, 0.4) is 0 Å². The Kier molecular flexibility index (Phi) is 3.46. The number of pyridine rings is 1. The molecule has 19 heavy (non-hydrogen) atoms. The van der Waals surface area contributed by atoms with Crippen molar-refractivity contribution in [3.8, 4) is 17.1 Å². The molecule has 0 unspecified atom stereocenters. The van der Waals surface area contributed by atoms with Gasteiger partial charge in [-0.15, -0.1) is 0 Å². The molecule has 0 bridgehead atoms. The highest BCUT2D eigenvalue weighted by atomic mass is 16.5. The van der Waals surface area contributed by atoms with Gasteiger partial charge < -0.3 is 10.1 Å². The van der Waals surface area contributed by atoms with Gasteiger partial charge >= 0.3 is 0 Å².